The molecule has 8 heteroatoms. The fraction of sp³-hybridized carbons (Fsp3) is 0.316. The summed E-state index contributed by atoms with van der Waals surface area (Å²) in [5, 5.41) is 17.7. The minimum Gasteiger partial charge on any atom is -0.379 e. The molecule has 0 unspecified atom stereocenters. The number of ether oxygens (including phenoxy) is 1. The molecular formula is C19H22N4O3S. The second-order valence-corrected chi connectivity index (χ2v) is 6.69. The van der Waals surface area contributed by atoms with Crippen LogP contribution in [0.5, 0.6) is 0 Å². The number of nitrogens with zero attached hydrogens (tertiary/aromatic N) is 2. The molecular weight excluding hydrogens is 364 g/mol. The molecule has 0 bridgehead atoms. The standard InChI is InChI=1S/C19H22N4O3S/c24-23(25)17-8-6-16(7-9-17)20-19(27)21-18(15-4-2-1-3-5-15)14-22-10-12-26-13-11-22/h1-9,18H,10-14H2,(H2,20,21,27)/t18-/m1/s1. The van der Waals surface area contributed by atoms with Crippen molar-refractivity contribution in [3.8, 4) is 0 Å². The molecule has 1 fully saturated rings. The summed E-state index contributed by atoms with van der Waals surface area (Å²) in [6.07, 6.45) is 0. The van der Waals surface area contributed by atoms with Crippen LogP contribution in [-0.4, -0.2) is 47.8 Å². The third-order valence-corrected chi connectivity index (χ3v) is 4.61. The van der Waals surface area contributed by atoms with Gasteiger partial charge < -0.3 is 15.4 Å². The maximum absolute atomic E-state index is 10.8. The van der Waals surface area contributed by atoms with E-state index in [1.165, 1.54) is 12.1 Å². The lowest BCUT2D eigenvalue weighted by Crippen LogP contribution is -2.44. The van der Waals surface area contributed by atoms with E-state index in [0.717, 1.165) is 38.4 Å². The predicted molar refractivity (Wildman–Crippen MR) is 109 cm³/mol. The Labute approximate surface area is 163 Å². The molecule has 0 aliphatic carbocycles. The summed E-state index contributed by atoms with van der Waals surface area (Å²) in [6, 6.07) is 16.4. The molecule has 1 aliphatic rings. The molecule has 3 rings (SSSR count). The first-order chi connectivity index (χ1) is 13.1. The maximum atomic E-state index is 10.8. The van der Waals surface area contributed by atoms with E-state index >= 15 is 0 Å². The summed E-state index contributed by atoms with van der Waals surface area (Å²) in [4.78, 5) is 12.7. The SMILES string of the molecule is O=[N+]([O-])c1ccc(NC(=S)N[C@H](CN2CCOCC2)c2ccccc2)cc1. The molecule has 0 aromatic heterocycles. The van der Waals surface area contributed by atoms with Crippen molar-refractivity contribution in [2.24, 2.45) is 0 Å². The number of nitro groups is 1. The third kappa shape index (κ3) is 5.72. The molecule has 142 valence electrons. The maximum Gasteiger partial charge on any atom is 0.269 e. The van der Waals surface area contributed by atoms with Gasteiger partial charge in [-0.25, -0.2) is 0 Å². The Morgan fingerprint density at radius 2 is 1.81 bits per heavy atom. The summed E-state index contributed by atoms with van der Waals surface area (Å²) in [7, 11) is 0. The van der Waals surface area contributed by atoms with Gasteiger partial charge in [0.15, 0.2) is 5.11 Å². The van der Waals surface area contributed by atoms with Crippen LogP contribution < -0.4 is 10.6 Å². The van der Waals surface area contributed by atoms with Crippen molar-refractivity contribution in [2.45, 2.75) is 6.04 Å². The van der Waals surface area contributed by atoms with Gasteiger partial charge in [-0.15, -0.1) is 0 Å². The highest BCUT2D eigenvalue weighted by molar-refractivity contribution is 7.80. The van der Waals surface area contributed by atoms with E-state index in [-0.39, 0.29) is 11.7 Å². The minimum absolute atomic E-state index is 0.0300. The Balaban J connectivity index is 1.65. The first-order valence-corrected chi connectivity index (χ1v) is 9.19. The van der Waals surface area contributed by atoms with Crippen molar-refractivity contribution in [1.82, 2.24) is 10.2 Å². The Hall–Kier alpha value is -2.55. The van der Waals surface area contributed by atoms with E-state index in [0.29, 0.717) is 10.8 Å². The Morgan fingerprint density at radius 3 is 2.44 bits per heavy atom. The average Bonchev–Trinajstić information content (AvgIpc) is 2.69. The van der Waals surface area contributed by atoms with E-state index in [4.69, 9.17) is 17.0 Å². The first kappa shape index (κ1) is 19.2. The zero-order valence-electron chi connectivity index (χ0n) is 14.8. The van der Waals surface area contributed by atoms with Crippen LogP contribution in [-0.2, 0) is 4.74 Å². The summed E-state index contributed by atoms with van der Waals surface area (Å²) in [5.74, 6) is 0. The predicted octanol–water partition coefficient (Wildman–Crippen LogP) is 2.95. The van der Waals surface area contributed by atoms with Gasteiger partial charge in [0.2, 0.25) is 0 Å². The largest absolute Gasteiger partial charge is 0.379 e. The summed E-state index contributed by atoms with van der Waals surface area (Å²) in [5.41, 5.74) is 1.90. The van der Waals surface area contributed by atoms with E-state index in [2.05, 4.69) is 27.7 Å². The lowest BCUT2D eigenvalue weighted by Gasteiger charge is -2.31. The Bertz CT molecular complexity index is 764. The number of morpholine rings is 1. The van der Waals surface area contributed by atoms with Gasteiger partial charge in [0.1, 0.15) is 0 Å². The number of thiocarbonyl (C=S) groups is 1. The van der Waals surface area contributed by atoms with Gasteiger partial charge in [0, 0.05) is 37.5 Å². The lowest BCUT2D eigenvalue weighted by molar-refractivity contribution is -0.384. The molecule has 2 aromatic carbocycles. The molecule has 7 nitrogen and oxygen atoms in total. The molecule has 0 amide bonds. The van der Waals surface area contributed by atoms with Gasteiger partial charge in [0.25, 0.3) is 5.69 Å². The van der Waals surface area contributed by atoms with Crippen LogP contribution in [0.2, 0.25) is 0 Å². The van der Waals surface area contributed by atoms with Crippen molar-refractivity contribution in [3.05, 3.63) is 70.3 Å². The quantitative estimate of drug-likeness (QED) is 0.449. The van der Waals surface area contributed by atoms with Gasteiger partial charge in [-0.2, -0.15) is 0 Å². The smallest absolute Gasteiger partial charge is 0.269 e. The summed E-state index contributed by atoms with van der Waals surface area (Å²) in [6.45, 7) is 4.09. The van der Waals surface area contributed by atoms with E-state index in [1.54, 1.807) is 12.1 Å². The Kier molecular flexibility index (Phi) is 6.69. The van der Waals surface area contributed by atoms with Crippen LogP contribution >= 0.6 is 12.2 Å². The molecule has 0 saturated carbocycles. The second kappa shape index (κ2) is 9.40. The van der Waals surface area contributed by atoms with E-state index in [1.807, 2.05) is 18.2 Å². The second-order valence-electron chi connectivity index (χ2n) is 6.28. The fourth-order valence-electron chi connectivity index (χ4n) is 2.95. The van der Waals surface area contributed by atoms with Crippen LogP contribution in [0.3, 0.4) is 0 Å². The minimum atomic E-state index is -0.423. The molecule has 1 heterocycles. The zero-order valence-corrected chi connectivity index (χ0v) is 15.7. The number of non-ortho nitro benzene ring substituents is 1. The number of nitro benzene ring substituents is 1. The highest BCUT2D eigenvalue weighted by Crippen LogP contribution is 2.18. The number of benzene rings is 2. The normalized spacial score (nSPS) is 15.7. The van der Waals surface area contributed by atoms with Gasteiger partial charge >= 0.3 is 0 Å². The van der Waals surface area contributed by atoms with Crippen molar-refractivity contribution in [3.63, 3.8) is 0 Å². The van der Waals surface area contributed by atoms with Gasteiger partial charge in [-0.05, 0) is 29.9 Å². The van der Waals surface area contributed by atoms with E-state index < -0.39 is 4.92 Å². The van der Waals surface area contributed by atoms with Gasteiger partial charge in [0.05, 0.1) is 24.2 Å². The van der Waals surface area contributed by atoms with Crippen LogP contribution in [0.25, 0.3) is 0 Å². The first-order valence-electron chi connectivity index (χ1n) is 8.79. The lowest BCUT2D eigenvalue weighted by atomic mass is 10.1. The molecule has 0 radical (unpaired) electrons. The highest BCUT2D eigenvalue weighted by Gasteiger charge is 2.19. The highest BCUT2D eigenvalue weighted by atomic mass is 32.1. The molecule has 1 atom stereocenters. The molecule has 2 N–H and O–H groups in total. The summed E-state index contributed by atoms with van der Waals surface area (Å²) < 4.78 is 5.43. The van der Waals surface area contributed by atoms with Crippen molar-refractivity contribution in [2.75, 3.05) is 38.2 Å². The van der Waals surface area contributed by atoms with Crippen LogP contribution in [0.4, 0.5) is 11.4 Å². The third-order valence-electron chi connectivity index (χ3n) is 4.39. The van der Waals surface area contributed by atoms with Gasteiger partial charge in [-0.3, -0.25) is 15.0 Å². The van der Waals surface area contributed by atoms with Gasteiger partial charge in [-0.1, -0.05) is 30.3 Å². The number of hydrogen-bond acceptors (Lipinski definition) is 5. The number of rotatable bonds is 6. The number of hydrogen-bond donors (Lipinski definition) is 2. The zero-order chi connectivity index (χ0) is 19.1. The molecule has 0 spiro atoms. The molecule has 2 aromatic rings. The van der Waals surface area contributed by atoms with Crippen molar-refractivity contribution < 1.29 is 9.66 Å². The average molecular weight is 386 g/mol. The van der Waals surface area contributed by atoms with Crippen LogP contribution in [0.15, 0.2) is 54.6 Å². The molecule has 1 saturated heterocycles. The molecule has 27 heavy (non-hydrogen) atoms. The monoisotopic (exact) mass is 386 g/mol. The molecule has 1 aliphatic heterocycles. The van der Waals surface area contributed by atoms with Crippen molar-refractivity contribution >= 4 is 28.7 Å². The van der Waals surface area contributed by atoms with Crippen molar-refractivity contribution in [1.29, 1.82) is 0 Å². The van der Waals surface area contributed by atoms with Crippen LogP contribution in [0, 0.1) is 10.1 Å². The van der Waals surface area contributed by atoms with E-state index in [9.17, 15) is 10.1 Å². The topological polar surface area (TPSA) is 79.7 Å². The Morgan fingerprint density at radius 1 is 1.15 bits per heavy atom. The fourth-order valence-corrected chi connectivity index (χ4v) is 3.21. The van der Waals surface area contributed by atoms with Crippen LogP contribution in [0.1, 0.15) is 11.6 Å². The summed E-state index contributed by atoms with van der Waals surface area (Å²) >= 11 is 5.47. The number of nitrogens with one attached hydrogen (secondary N) is 2. The number of anilines is 1.